The number of para-hydroxylation sites is 1. The van der Waals surface area contributed by atoms with E-state index in [-0.39, 0.29) is 0 Å². The normalized spacial score (nSPS) is 10.7. The van der Waals surface area contributed by atoms with Crippen molar-refractivity contribution in [3.63, 3.8) is 0 Å². The lowest BCUT2D eigenvalue weighted by Crippen LogP contribution is -1.91. The highest BCUT2D eigenvalue weighted by molar-refractivity contribution is 6.42. The second-order valence-electron chi connectivity index (χ2n) is 5.31. The molecule has 0 unspecified atom stereocenters. The molecule has 2 aromatic heterocycles. The van der Waals surface area contributed by atoms with E-state index in [1.54, 1.807) is 36.5 Å². The maximum atomic E-state index is 6.05. The van der Waals surface area contributed by atoms with E-state index in [1.807, 2.05) is 30.3 Å². The highest BCUT2D eigenvalue weighted by atomic mass is 35.5. The molecule has 0 aliphatic carbocycles. The summed E-state index contributed by atoms with van der Waals surface area (Å²) in [6, 6.07) is 18.0. The molecule has 0 fully saturated rings. The predicted octanol–water partition coefficient (Wildman–Crippen LogP) is 5.90. The summed E-state index contributed by atoms with van der Waals surface area (Å²) in [5.74, 6) is 1.66. The van der Waals surface area contributed by atoms with Gasteiger partial charge in [0.25, 0.3) is 5.89 Å². The van der Waals surface area contributed by atoms with Gasteiger partial charge in [-0.25, -0.2) is 4.98 Å². The standard InChI is InChI=1S/C19H11Cl2N3O2/c20-15-9-8-12(11-16(15)21)17-23-24-19(26-17)14-7-4-10-22-18(14)25-13-5-2-1-3-6-13/h1-11H. The molecule has 2 aromatic carbocycles. The molecule has 0 radical (unpaired) electrons. The van der Waals surface area contributed by atoms with Gasteiger partial charge in [-0.3, -0.25) is 0 Å². The van der Waals surface area contributed by atoms with Crippen molar-refractivity contribution in [2.45, 2.75) is 0 Å². The Morgan fingerprint density at radius 3 is 2.42 bits per heavy atom. The first-order valence-electron chi connectivity index (χ1n) is 7.68. The Balaban J connectivity index is 1.69. The van der Waals surface area contributed by atoms with Crippen molar-refractivity contribution in [3.8, 4) is 34.5 Å². The average Bonchev–Trinajstić information content (AvgIpc) is 3.15. The number of nitrogens with zero attached hydrogens (tertiary/aromatic N) is 3. The average molecular weight is 384 g/mol. The van der Waals surface area contributed by atoms with Gasteiger partial charge in [-0.1, -0.05) is 41.4 Å². The van der Waals surface area contributed by atoms with Crippen molar-refractivity contribution >= 4 is 23.2 Å². The quantitative estimate of drug-likeness (QED) is 0.439. The molecule has 0 aliphatic rings. The van der Waals surface area contributed by atoms with Crippen LogP contribution >= 0.6 is 23.2 Å². The van der Waals surface area contributed by atoms with Crippen LogP contribution in [0.3, 0.4) is 0 Å². The maximum Gasteiger partial charge on any atom is 0.253 e. The summed E-state index contributed by atoms with van der Waals surface area (Å²) in [4.78, 5) is 4.27. The van der Waals surface area contributed by atoms with Crippen molar-refractivity contribution in [2.75, 3.05) is 0 Å². The molecule has 26 heavy (non-hydrogen) atoms. The van der Waals surface area contributed by atoms with Gasteiger partial charge >= 0.3 is 0 Å². The molecule has 0 N–H and O–H groups in total. The lowest BCUT2D eigenvalue weighted by molar-refractivity contribution is 0.461. The Labute approximate surface area is 159 Å². The first-order valence-corrected chi connectivity index (χ1v) is 8.43. The lowest BCUT2D eigenvalue weighted by atomic mass is 10.2. The highest BCUT2D eigenvalue weighted by Gasteiger charge is 2.16. The molecule has 0 amide bonds. The molecule has 0 bridgehead atoms. The Bertz CT molecular complexity index is 1050. The summed E-state index contributed by atoms with van der Waals surface area (Å²) in [6.07, 6.45) is 1.64. The van der Waals surface area contributed by atoms with Crippen LogP contribution in [0.15, 0.2) is 71.3 Å². The van der Waals surface area contributed by atoms with E-state index in [4.69, 9.17) is 32.4 Å². The third-order valence-corrected chi connectivity index (χ3v) is 4.29. The Kier molecular flexibility index (Phi) is 4.56. The smallest absolute Gasteiger partial charge is 0.253 e. The van der Waals surface area contributed by atoms with E-state index in [2.05, 4.69) is 15.2 Å². The summed E-state index contributed by atoms with van der Waals surface area (Å²) in [5, 5.41) is 9.06. The number of hydrogen-bond acceptors (Lipinski definition) is 5. The third kappa shape index (κ3) is 3.40. The Hall–Kier alpha value is -2.89. The van der Waals surface area contributed by atoms with Crippen LogP contribution in [-0.4, -0.2) is 15.2 Å². The first-order chi connectivity index (χ1) is 12.7. The second kappa shape index (κ2) is 7.15. The van der Waals surface area contributed by atoms with Gasteiger partial charge in [0, 0.05) is 11.8 Å². The van der Waals surface area contributed by atoms with Crippen LogP contribution in [0.5, 0.6) is 11.6 Å². The van der Waals surface area contributed by atoms with Gasteiger partial charge in [0.2, 0.25) is 11.8 Å². The fourth-order valence-corrected chi connectivity index (χ4v) is 2.61. The minimum absolute atomic E-state index is 0.296. The van der Waals surface area contributed by atoms with Crippen LogP contribution < -0.4 is 4.74 Å². The van der Waals surface area contributed by atoms with Crippen LogP contribution in [0.25, 0.3) is 22.9 Å². The summed E-state index contributed by atoms with van der Waals surface area (Å²) in [5.41, 5.74) is 1.27. The van der Waals surface area contributed by atoms with E-state index in [0.717, 1.165) is 0 Å². The van der Waals surface area contributed by atoms with Gasteiger partial charge in [0.1, 0.15) is 11.3 Å². The van der Waals surface area contributed by atoms with E-state index in [1.165, 1.54) is 0 Å². The number of ether oxygens (including phenoxy) is 1. The molecular formula is C19H11Cl2N3O2. The minimum Gasteiger partial charge on any atom is -0.438 e. The highest BCUT2D eigenvalue weighted by Crippen LogP contribution is 2.33. The SMILES string of the molecule is Clc1ccc(-c2nnc(-c3cccnc3Oc3ccccc3)o2)cc1Cl. The van der Waals surface area contributed by atoms with Crippen molar-refractivity contribution in [1.29, 1.82) is 0 Å². The molecule has 4 aromatic rings. The molecule has 0 atom stereocenters. The maximum absolute atomic E-state index is 6.05. The van der Waals surface area contributed by atoms with Gasteiger partial charge in [0.15, 0.2) is 0 Å². The first kappa shape index (κ1) is 16.6. The number of rotatable bonds is 4. The molecule has 0 saturated carbocycles. The summed E-state index contributed by atoms with van der Waals surface area (Å²) >= 11 is 12.0. The topological polar surface area (TPSA) is 61.0 Å². The molecular weight excluding hydrogens is 373 g/mol. The third-order valence-electron chi connectivity index (χ3n) is 3.55. The van der Waals surface area contributed by atoms with Crippen molar-refractivity contribution < 1.29 is 9.15 Å². The number of benzene rings is 2. The Morgan fingerprint density at radius 2 is 1.62 bits per heavy atom. The minimum atomic E-state index is 0.296. The molecule has 128 valence electrons. The Morgan fingerprint density at radius 1 is 0.808 bits per heavy atom. The molecule has 5 nitrogen and oxygen atoms in total. The predicted molar refractivity (Wildman–Crippen MR) is 99.5 cm³/mol. The van der Waals surface area contributed by atoms with Crippen LogP contribution in [0.4, 0.5) is 0 Å². The number of pyridine rings is 1. The zero-order valence-corrected chi connectivity index (χ0v) is 14.8. The van der Waals surface area contributed by atoms with Crippen LogP contribution in [0, 0.1) is 0 Å². The van der Waals surface area contributed by atoms with Crippen molar-refractivity contribution in [1.82, 2.24) is 15.2 Å². The van der Waals surface area contributed by atoms with E-state index >= 15 is 0 Å². The fourth-order valence-electron chi connectivity index (χ4n) is 2.31. The van der Waals surface area contributed by atoms with Crippen molar-refractivity contribution in [2.24, 2.45) is 0 Å². The van der Waals surface area contributed by atoms with E-state index in [9.17, 15) is 0 Å². The molecule has 2 heterocycles. The van der Waals surface area contributed by atoms with Crippen LogP contribution in [0.1, 0.15) is 0 Å². The van der Waals surface area contributed by atoms with E-state index in [0.29, 0.717) is 44.6 Å². The van der Waals surface area contributed by atoms with Gasteiger partial charge in [-0.2, -0.15) is 0 Å². The molecule has 7 heteroatoms. The summed E-state index contributed by atoms with van der Waals surface area (Å²) in [6.45, 7) is 0. The van der Waals surface area contributed by atoms with Crippen molar-refractivity contribution in [3.05, 3.63) is 76.9 Å². The summed E-state index contributed by atoms with van der Waals surface area (Å²) in [7, 11) is 0. The number of halogens is 2. The molecule has 0 spiro atoms. The molecule has 0 saturated heterocycles. The summed E-state index contributed by atoms with van der Waals surface area (Å²) < 4.78 is 11.6. The lowest BCUT2D eigenvalue weighted by Gasteiger charge is -2.07. The number of hydrogen-bond donors (Lipinski definition) is 0. The molecule has 4 rings (SSSR count). The number of aromatic nitrogens is 3. The zero-order valence-electron chi connectivity index (χ0n) is 13.3. The molecule has 0 aliphatic heterocycles. The fraction of sp³-hybridized carbons (Fsp3) is 0. The van der Waals surface area contributed by atoms with Gasteiger partial charge in [0.05, 0.1) is 10.0 Å². The monoisotopic (exact) mass is 383 g/mol. The zero-order chi connectivity index (χ0) is 17.9. The largest absolute Gasteiger partial charge is 0.438 e. The van der Waals surface area contributed by atoms with Crippen LogP contribution in [0.2, 0.25) is 10.0 Å². The van der Waals surface area contributed by atoms with Gasteiger partial charge in [-0.15, -0.1) is 10.2 Å². The van der Waals surface area contributed by atoms with Crippen LogP contribution in [-0.2, 0) is 0 Å². The van der Waals surface area contributed by atoms with Gasteiger partial charge < -0.3 is 9.15 Å². The van der Waals surface area contributed by atoms with E-state index < -0.39 is 0 Å². The van der Waals surface area contributed by atoms with Gasteiger partial charge in [-0.05, 0) is 42.5 Å². The second-order valence-corrected chi connectivity index (χ2v) is 6.13.